The molecule has 2 aromatic carbocycles. The lowest BCUT2D eigenvalue weighted by Gasteiger charge is -2.37. The number of carbonyl (C=O) groups excluding carboxylic acids is 2. The van der Waals surface area contributed by atoms with Gasteiger partial charge in [-0.05, 0) is 37.8 Å². The Balaban J connectivity index is 1.53. The van der Waals surface area contributed by atoms with Gasteiger partial charge >= 0.3 is 0 Å². The normalized spacial score (nSPS) is 14.6. The van der Waals surface area contributed by atoms with Crippen molar-refractivity contribution >= 4 is 22.6 Å². The van der Waals surface area contributed by atoms with Crippen molar-refractivity contribution in [3.8, 4) is 0 Å². The fourth-order valence-corrected chi connectivity index (χ4v) is 3.55. The van der Waals surface area contributed by atoms with E-state index in [0.717, 1.165) is 24.8 Å². The van der Waals surface area contributed by atoms with E-state index in [4.69, 9.17) is 4.74 Å². The third-order valence-electron chi connectivity index (χ3n) is 5.54. The van der Waals surface area contributed by atoms with E-state index >= 15 is 0 Å². The Bertz CT molecular complexity index is 1170. The first kappa shape index (κ1) is 20.7. The van der Waals surface area contributed by atoms with Crippen LogP contribution in [0.5, 0.6) is 0 Å². The number of hydrazine groups is 1. The molecule has 1 saturated carbocycles. The van der Waals surface area contributed by atoms with E-state index in [9.17, 15) is 14.4 Å². The topological polar surface area (TPSA) is 102 Å². The first-order valence-electron chi connectivity index (χ1n) is 10.2. The predicted molar refractivity (Wildman–Crippen MR) is 115 cm³/mol. The van der Waals surface area contributed by atoms with Crippen molar-refractivity contribution in [3.63, 3.8) is 0 Å². The van der Waals surface area contributed by atoms with Gasteiger partial charge in [-0.1, -0.05) is 48.5 Å². The van der Waals surface area contributed by atoms with Crippen LogP contribution in [-0.4, -0.2) is 33.8 Å². The lowest BCUT2D eigenvalue weighted by molar-refractivity contribution is -0.139. The van der Waals surface area contributed by atoms with Crippen LogP contribution >= 0.6 is 0 Å². The second-order valence-corrected chi connectivity index (χ2v) is 7.94. The number of fused-ring (bicyclic) bond motifs is 1. The molecule has 0 aliphatic heterocycles. The predicted octanol–water partition coefficient (Wildman–Crippen LogP) is 2.17. The maximum Gasteiger partial charge on any atom is 0.290 e. The van der Waals surface area contributed by atoms with Crippen LogP contribution in [0, 0.1) is 0 Å². The Morgan fingerprint density at radius 1 is 1.03 bits per heavy atom. The summed E-state index contributed by atoms with van der Waals surface area (Å²) < 4.78 is 6.87. The van der Waals surface area contributed by atoms with E-state index in [1.807, 2.05) is 37.3 Å². The third-order valence-corrected chi connectivity index (χ3v) is 5.54. The highest BCUT2D eigenvalue weighted by molar-refractivity contribution is 6.05. The van der Waals surface area contributed by atoms with Crippen molar-refractivity contribution in [3.05, 3.63) is 76.2 Å². The number of benzene rings is 2. The molecule has 0 unspecified atom stereocenters. The molecule has 1 aliphatic rings. The number of nitrogens with one attached hydrogen (secondary N) is 2. The highest BCUT2D eigenvalue weighted by Gasteiger charge is 2.33. The molecule has 8 nitrogen and oxygen atoms in total. The molecule has 2 amide bonds. The quantitative estimate of drug-likeness (QED) is 0.595. The SMILES string of the molecule is CC1(OCC(=O)NNC(=O)c2nn(Cc3ccccc3)c(=O)c3ccccc23)CCC1. The van der Waals surface area contributed by atoms with Gasteiger partial charge in [-0.3, -0.25) is 25.2 Å². The minimum absolute atomic E-state index is 0.0540. The van der Waals surface area contributed by atoms with Crippen LogP contribution in [0.2, 0.25) is 0 Å². The van der Waals surface area contributed by atoms with Gasteiger partial charge in [0, 0.05) is 5.39 Å². The Hall–Kier alpha value is -3.52. The zero-order chi connectivity index (χ0) is 21.8. The average Bonchev–Trinajstić information content (AvgIpc) is 2.77. The number of nitrogens with zero attached hydrogens (tertiary/aromatic N) is 2. The molecule has 2 N–H and O–H groups in total. The molecular formula is C23H24N4O4. The maximum absolute atomic E-state index is 12.9. The lowest BCUT2D eigenvalue weighted by atomic mass is 9.82. The highest BCUT2D eigenvalue weighted by atomic mass is 16.5. The van der Waals surface area contributed by atoms with Crippen molar-refractivity contribution < 1.29 is 14.3 Å². The summed E-state index contributed by atoms with van der Waals surface area (Å²) in [6.45, 7) is 2.05. The molecule has 8 heteroatoms. The molecule has 1 fully saturated rings. The summed E-state index contributed by atoms with van der Waals surface area (Å²) in [6.07, 6.45) is 2.93. The molecule has 160 valence electrons. The van der Waals surface area contributed by atoms with Gasteiger partial charge in [0.1, 0.15) is 6.61 Å². The number of rotatable bonds is 6. The smallest absolute Gasteiger partial charge is 0.290 e. The second kappa shape index (κ2) is 8.69. The molecular weight excluding hydrogens is 396 g/mol. The molecule has 1 heterocycles. The Labute approximate surface area is 179 Å². The number of ether oxygens (including phenoxy) is 1. The van der Waals surface area contributed by atoms with Gasteiger partial charge in [0.05, 0.1) is 17.5 Å². The van der Waals surface area contributed by atoms with Crippen LogP contribution in [0.4, 0.5) is 0 Å². The van der Waals surface area contributed by atoms with E-state index in [1.165, 1.54) is 4.68 Å². The molecule has 3 aromatic rings. The minimum Gasteiger partial charge on any atom is -0.365 e. The van der Waals surface area contributed by atoms with E-state index in [2.05, 4.69) is 16.0 Å². The standard InChI is InChI=1S/C23H24N4O4/c1-23(12-7-13-23)31-15-19(28)24-25-21(29)20-17-10-5-6-11-18(17)22(30)27(26-20)14-16-8-3-2-4-9-16/h2-6,8-11H,7,12-15H2,1H3,(H,24,28)(H,25,29). The van der Waals surface area contributed by atoms with Gasteiger partial charge in [0.15, 0.2) is 5.69 Å². The van der Waals surface area contributed by atoms with Crippen LogP contribution in [0.1, 0.15) is 42.2 Å². The molecule has 0 atom stereocenters. The zero-order valence-corrected chi connectivity index (χ0v) is 17.3. The first-order valence-corrected chi connectivity index (χ1v) is 10.2. The number of amides is 2. The van der Waals surface area contributed by atoms with Crippen molar-refractivity contribution in [2.75, 3.05) is 6.61 Å². The number of carbonyl (C=O) groups is 2. The second-order valence-electron chi connectivity index (χ2n) is 7.94. The van der Waals surface area contributed by atoms with Gasteiger partial charge in [-0.25, -0.2) is 4.68 Å². The summed E-state index contributed by atoms with van der Waals surface area (Å²) in [5.74, 6) is -1.07. The molecule has 0 saturated heterocycles. The van der Waals surface area contributed by atoms with E-state index < -0.39 is 11.8 Å². The van der Waals surface area contributed by atoms with Crippen molar-refractivity contribution in [2.24, 2.45) is 0 Å². The number of aromatic nitrogens is 2. The largest absolute Gasteiger partial charge is 0.365 e. The van der Waals surface area contributed by atoms with Gasteiger partial charge in [0.2, 0.25) is 0 Å². The molecule has 0 spiro atoms. The van der Waals surface area contributed by atoms with Gasteiger partial charge in [-0.15, -0.1) is 0 Å². The molecule has 1 aromatic heterocycles. The maximum atomic E-state index is 12.9. The van der Waals surface area contributed by atoms with Crippen LogP contribution in [0.3, 0.4) is 0 Å². The number of hydrogen-bond donors (Lipinski definition) is 2. The molecule has 1 aliphatic carbocycles. The van der Waals surface area contributed by atoms with Crippen LogP contribution in [-0.2, 0) is 16.1 Å². The lowest BCUT2D eigenvalue weighted by Crippen LogP contribution is -2.46. The van der Waals surface area contributed by atoms with Gasteiger partial charge in [-0.2, -0.15) is 5.10 Å². The minimum atomic E-state index is -0.610. The van der Waals surface area contributed by atoms with E-state index in [0.29, 0.717) is 10.8 Å². The summed E-state index contributed by atoms with van der Waals surface area (Å²) in [4.78, 5) is 37.7. The fraction of sp³-hybridized carbons (Fsp3) is 0.304. The fourth-order valence-electron chi connectivity index (χ4n) is 3.55. The molecule has 4 rings (SSSR count). The van der Waals surface area contributed by atoms with Gasteiger partial charge in [0.25, 0.3) is 17.4 Å². The first-order chi connectivity index (χ1) is 15.0. The summed E-state index contributed by atoms with van der Waals surface area (Å²) in [5.41, 5.74) is 5.13. The van der Waals surface area contributed by atoms with E-state index in [-0.39, 0.29) is 30.0 Å². The average molecular weight is 420 g/mol. The molecule has 31 heavy (non-hydrogen) atoms. The van der Waals surface area contributed by atoms with Gasteiger partial charge < -0.3 is 4.74 Å². The molecule has 0 bridgehead atoms. The van der Waals surface area contributed by atoms with Crippen LogP contribution in [0.25, 0.3) is 10.8 Å². The Morgan fingerprint density at radius 2 is 1.71 bits per heavy atom. The van der Waals surface area contributed by atoms with Crippen molar-refractivity contribution in [1.82, 2.24) is 20.6 Å². The Morgan fingerprint density at radius 3 is 2.39 bits per heavy atom. The zero-order valence-electron chi connectivity index (χ0n) is 17.3. The Kier molecular flexibility index (Phi) is 5.81. The third kappa shape index (κ3) is 4.64. The highest BCUT2D eigenvalue weighted by Crippen LogP contribution is 2.34. The number of hydrogen-bond acceptors (Lipinski definition) is 5. The van der Waals surface area contributed by atoms with Crippen molar-refractivity contribution in [1.29, 1.82) is 0 Å². The monoisotopic (exact) mass is 420 g/mol. The summed E-state index contributed by atoms with van der Waals surface area (Å²) in [7, 11) is 0. The van der Waals surface area contributed by atoms with E-state index in [1.54, 1.807) is 24.3 Å². The van der Waals surface area contributed by atoms with Crippen LogP contribution < -0.4 is 16.4 Å². The van der Waals surface area contributed by atoms with Crippen molar-refractivity contribution in [2.45, 2.75) is 38.3 Å². The summed E-state index contributed by atoms with van der Waals surface area (Å²) >= 11 is 0. The van der Waals surface area contributed by atoms with Crippen LogP contribution in [0.15, 0.2) is 59.4 Å². The molecule has 0 radical (unpaired) electrons. The summed E-state index contributed by atoms with van der Waals surface area (Å²) in [5, 5.41) is 5.09. The summed E-state index contributed by atoms with van der Waals surface area (Å²) in [6, 6.07) is 16.2.